The van der Waals surface area contributed by atoms with E-state index in [4.69, 9.17) is 16.3 Å². The normalized spacial score (nSPS) is 10.8. The zero-order chi connectivity index (χ0) is 14.7. The lowest BCUT2D eigenvalue weighted by Crippen LogP contribution is -1.96. The number of hydrogen-bond acceptors (Lipinski definition) is 6. The van der Waals surface area contributed by atoms with E-state index in [9.17, 15) is 0 Å². The van der Waals surface area contributed by atoms with Crippen molar-refractivity contribution in [1.29, 1.82) is 0 Å². The lowest BCUT2D eigenvalue weighted by molar-refractivity contribution is 0.307. The molecule has 0 saturated carbocycles. The van der Waals surface area contributed by atoms with E-state index in [1.54, 1.807) is 6.20 Å². The van der Waals surface area contributed by atoms with Gasteiger partial charge in [-0.05, 0) is 31.2 Å². The van der Waals surface area contributed by atoms with Gasteiger partial charge in [-0.15, -0.1) is 10.2 Å². The molecule has 0 bridgehead atoms. The summed E-state index contributed by atoms with van der Waals surface area (Å²) >= 11 is 7.64. The van der Waals surface area contributed by atoms with Crippen molar-refractivity contribution in [3.63, 3.8) is 0 Å². The maximum absolute atomic E-state index is 6.16. The van der Waals surface area contributed by atoms with Crippen molar-refractivity contribution in [2.45, 2.75) is 13.5 Å². The molecule has 108 valence electrons. The Morgan fingerprint density at radius 3 is 3.05 bits per heavy atom. The zero-order valence-electron chi connectivity index (χ0n) is 11.3. The van der Waals surface area contributed by atoms with Gasteiger partial charge >= 0.3 is 0 Å². The van der Waals surface area contributed by atoms with Crippen molar-refractivity contribution >= 4 is 39.0 Å². The molecule has 0 unspecified atom stereocenters. The second-order valence-electron chi connectivity index (χ2n) is 4.27. The Morgan fingerprint density at radius 2 is 2.19 bits per heavy atom. The van der Waals surface area contributed by atoms with Crippen LogP contribution >= 0.6 is 22.9 Å². The number of benzene rings is 1. The number of anilines is 1. The van der Waals surface area contributed by atoms with Gasteiger partial charge in [-0.1, -0.05) is 22.9 Å². The Labute approximate surface area is 130 Å². The van der Waals surface area contributed by atoms with Gasteiger partial charge in [-0.3, -0.25) is 4.98 Å². The van der Waals surface area contributed by atoms with Gasteiger partial charge in [-0.2, -0.15) is 0 Å². The van der Waals surface area contributed by atoms with Crippen molar-refractivity contribution in [3.8, 4) is 5.75 Å². The van der Waals surface area contributed by atoms with Crippen LogP contribution in [0.25, 0.3) is 10.9 Å². The molecule has 2 aromatic heterocycles. The summed E-state index contributed by atoms with van der Waals surface area (Å²) in [7, 11) is 0. The van der Waals surface area contributed by atoms with Gasteiger partial charge in [0.25, 0.3) is 0 Å². The summed E-state index contributed by atoms with van der Waals surface area (Å²) in [4.78, 5) is 4.33. The number of rotatable bonds is 5. The molecular weight excluding hydrogens is 308 g/mol. The molecule has 3 aromatic rings. The number of fused-ring (bicyclic) bond motifs is 1. The molecule has 0 aliphatic rings. The predicted octanol–water partition coefficient (Wildman–Crippen LogP) is 3.75. The molecule has 0 radical (unpaired) electrons. The second-order valence-corrected chi connectivity index (χ2v) is 5.73. The molecule has 7 heteroatoms. The van der Waals surface area contributed by atoms with Gasteiger partial charge in [-0.25, -0.2) is 0 Å². The number of nitrogens with one attached hydrogen (secondary N) is 1. The maximum atomic E-state index is 6.16. The Balaban J connectivity index is 1.80. The van der Waals surface area contributed by atoms with Gasteiger partial charge in [0.2, 0.25) is 5.13 Å². The molecule has 5 nitrogen and oxygen atoms in total. The van der Waals surface area contributed by atoms with Gasteiger partial charge in [0, 0.05) is 18.1 Å². The second kappa shape index (κ2) is 6.24. The third-order valence-corrected chi connectivity index (χ3v) is 4.01. The van der Waals surface area contributed by atoms with E-state index in [1.807, 2.05) is 31.2 Å². The van der Waals surface area contributed by atoms with Crippen molar-refractivity contribution in [3.05, 3.63) is 40.5 Å². The van der Waals surface area contributed by atoms with Crippen molar-refractivity contribution in [2.24, 2.45) is 0 Å². The third kappa shape index (κ3) is 3.06. The fourth-order valence-corrected chi connectivity index (χ4v) is 2.84. The molecule has 0 fully saturated rings. The standard InChI is InChI=1S/C14H13ClN4OS/c1-2-16-14-19-18-12(21-14)8-20-11-6-5-10(15)9-4-3-7-17-13(9)11/h3-7H,2,8H2,1H3,(H,16,19). The first-order valence-electron chi connectivity index (χ1n) is 6.50. The van der Waals surface area contributed by atoms with E-state index in [0.717, 1.165) is 27.6 Å². The number of ether oxygens (including phenoxy) is 1. The molecule has 0 amide bonds. The molecule has 0 aliphatic carbocycles. The monoisotopic (exact) mass is 320 g/mol. The van der Waals surface area contributed by atoms with Gasteiger partial charge in [0.05, 0.1) is 5.02 Å². The first-order valence-corrected chi connectivity index (χ1v) is 7.69. The Bertz CT molecular complexity index is 762. The van der Waals surface area contributed by atoms with Crippen molar-refractivity contribution < 1.29 is 4.74 Å². The smallest absolute Gasteiger partial charge is 0.205 e. The highest BCUT2D eigenvalue weighted by molar-refractivity contribution is 7.15. The highest BCUT2D eigenvalue weighted by Crippen LogP contribution is 2.30. The van der Waals surface area contributed by atoms with Gasteiger partial charge in [0.1, 0.15) is 17.9 Å². The summed E-state index contributed by atoms with van der Waals surface area (Å²) in [6.07, 6.45) is 1.72. The molecule has 1 N–H and O–H groups in total. The number of hydrogen-bond donors (Lipinski definition) is 1. The lowest BCUT2D eigenvalue weighted by atomic mass is 10.2. The van der Waals surface area contributed by atoms with E-state index >= 15 is 0 Å². The molecule has 0 aliphatic heterocycles. The average molecular weight is 321 g/mol. The van der Waals surface area contributed by atoms with Crippen LogP contribution in [0.1, 0.15) is 11.9 Å². The predicted molar refractivity (Wildman–Crippen MR) is 85.2 cm³/mol. The van der Waals surface area contributed by atoms with Crippen LogP contribution < -0.4 is 10.1 Å². The number of halogens is 1. The third-order valence-electron chi connectivity index (χ3n) is 2.83. The average Bonchev–Trinajstić information content (AvgIpc) is 2.95. The van der Waals surface area contributed by atoms with Crippen molar-refractivity contribution in [2.75, 3.05) is 11.9 Å². The molecule has 2 heterocycles. The topological polar surface area (TPSA) is 59.9 Å². The minimum atomic E-state index is 0.358. The molecule has 0 atom stereocenters. The van der Waals surface area contributed by atoms with Gasteiger partial charge < -0.3 is 10.1 Å². The van der Waals surface area contributed by atoms with E-state index < -0.39 is 0 Å². The van der Waals surface area contributed by atoms with Crippen molar-refractivity contribution in [1.82, 2.24) is 15.2 Å². The number of pyridine rings is 1. The minimum Gasteiger partial charge on any atom is -0.484 e. The Kier molecular flexibility index (Phi) is 4.17. The summed E-state index contributed by atoms with van der Waals surface area (Å²) in [5.41, 5.74) is 0.751. The molecule has 1 aromatic carbocycles. The molecule has 0 spiro atoms. The van der Waals surface area contributed by atoms with Crippen LogP contribution in [0.15, 0.2) is 30.5 Å². The summed E-state index contributed by atoms with van der Waals surface area (Å²) in [5.74, 6) is 0.690. The molecule has 3 rings (SSSR count). The highest BCUT2D eigenvalue weighted by Gasteiger charge is 2.09. The van der Waals surface area contributed by atoms with E-state index in [1.165, 1.54) is 11.3 Å². The van der Waals surface area contributed by atoms with Crippen LogP contribution in [0, 0.1) is 0 Å². The van der Waals surface area contributed by atoms with Crippen LogP contribution in [0.2, 0.25) is 5.02 Å². The van der Waals surface area contributed by atoms with Crippen LogP contribution in [-0.2, 0) is 6.61 Å². The Hall–Kier alpha value is -1.92. The lowest BCUT2D eigenvalue weighted by Gasteiger charge is -2.07. The van der Waals surface area contributed by atoms with Crippen LogP contribution in [0.5, 0.6) is 5.75 Å². The first-order chi connectivity index (χ1) is 10.3. The minimum absolute atomic E-state index is 0.358. The SMILES string of the molecule is CCNc1nnc(COc2ccc(Cl)c3cccnc23)s1. The summed E-state index contributed by atoms with van der Waals surface area (Å²) in [5, 5.41) is 14.4. The summed E-state index contributed by atoms with van der Waals surface area (Å²) in [6.45, 7) is 3.20. The fraction of sp³-hybridized carbons (Fsp3) is 0.214. The number of aromatic nitrogens is 3. The maximum Gasteiger partial charge on any atom is 0.205 e. The summed E-state index contributed by atoms with van der Waals surface area (Å²) in [6, 6.07) is 7.41. The fourth-order valence-electron chi connectivity index (χ4n) is 1.90. The van der Waals surface area contributed by atoms with Crippen LogP contribution in [-0.4, -0.2) is 21.7 Å². The largest absolute Gasteiger partial charge is 0.484 e. The quantitative estimate of drug-likeness (QED) is 0.775. The Morgan fingerprint density at radius 1 is 1.29 bits per heavy atom. The highest BCUT2D eigenvalue weighted by atomic mass is 35.5. The van der Waals surface area contributed by atoms with E-state index in [0.29, 0.717) is 17.4 Å². The molecule has 21 heavy (non-hydrogen) atoms. The molecular formula is C14H13ClN4OS. The molecule has 0 saturated heterocycles. The summed E-state index contributed by atoms with van der Waals surface area (Å²) < 4.78 is 5.81. The van der Waals surface area contributed by atoms with Crippen LogP contribution in [0.3, 0.4) is 0 Å². The van der Waals surface area contributed by atoms with Gasteiger partial charge in [0.15, 0.2) is 5.01 Å². The van der Waals surface area contributed by atoms with E-state index in [2.05, 4.69) is 20.5 Å². The zero-order valence-corrected chi connectivity index (χ0v) is 12.9. The first kappa shape index (κ1) is 14.0. The van der Waals surface area contributed by atoms with Crippen LogP contribution in [0.4, 0.5) is 5.13 Å². The number of nitrogens with zero attached hydrogens (tertiary/aromatic N) is 3. The van der Waals surface area contributed by atoms with E-state index in [-0.39, 0.29) is 0 Å².